The number of hydrogen-bond acceptors (Lipinski definition) is 3. The van der Waals surface area contributed by atoms with Crippen molar-refractivity contribution < 1.29 is 4.79 Å². The Kier molecular flexibility index (Phi) is 5.14. The summed E-state index contributed by atoms with van der Waals surface area (Å²) < 4.78 is 1.01. The van der Waals surface area contributed by atoms with E-state index in [1.165, 1.54) is 28.2 Å². The average Bonchev–Trinajstić information content (AvgIpc) is 3.15. The zero-order valence-corrected chi connectivity index (χ0v) is 16.6. The van der Waals surface area contributed by atoms with E-state index < -0.39 is 0 Å². The summed E-state index contributed by atoms with van der Waals surface area (Å²) in [6.07, 6.45) is 3.29. The van der Waals surface area contributed by atoms with E-state index in [1.807, 2.05) is 41.8 Å². The third kappa shape index (κ3) is 4.32. The molecule has 0 bridgehead atoms. The van der Waals surface area contributed by atoms with E-state index in [-0.39, 0.29) is 5.91 Å². The Labute approximate surface area is 169 Å². The van der Waals surface area contributed by atoms with Gasteiger partial charge < -0.3 is 0 Å². The second kappa shape index (κ2) is 7.86. The van der Waals surface area contributed by atoms with Crippen LogP contribution in [0.1, 0.15) is 5.56 Å². The van der Waals surface area contributed by atoms with Crippen molar-refractivity contribution in [3.05, 3.63) is 88.2 Å². The Balaban J connectivity index is 1.47. The largest absolute Gasteiger partial charge is 0.298 e. The highest BCUT2D eigenvalue weighted by molar-refractivity contribution is 9.10. The molecule has 1 heterocycles. The van der Waals surface area contributed by atoms with E-state index in [1.54, 1.807) is 6.08 Å². The minimum Gasteiger partial charge on any atom is -0.298 e. The molecule has 1 aromatic heterocycles. The molecule has 4 aromatic rings. The molecule has 0 atom stereocenters. The number of rotatable bonds is 4. The zero-order chi connectivity index (χ0) is 18.6. The molecule has 0 aliphatic heterocycles. The van der Waals surface area contributed by atoms with Gasteiger partial charge in [0.05, 0.1) is 5.69 Å². The van der Waals surface area contributed by atoms with Gasteiger partial charge in [-0.2, -0.15) is 0 Å². The number of fused-ring (bicyclic) bond motifs is 1. The second-order valence-corrected chi connectivity index (χ2v) is 7.75. The minimum atomic E-state index is -0.197. The lowest BCUT2D eigenvalue weighted by molar-refractivity contribution is -0.111. The zero-order valence-electron chi connectivity index (χ0n) is 14.2. The number of thiazole rings is 1. The molecule has 5 heteroatoms. The number of carbonyl (C=O) groups is 1. The van der Waals surface area contributed by atoms with Crippen LogP contribution >= 0.6 is 27.3 Å². The Hall–Kier alpha value is -2.76. The number of nitrogens with zero attached hydrogens (tertiary/aromatic N) is 1. The molecular formula is C22H15BrN2OS. The average molecular weight is 435 g/mol. The molecule has 132 valence electrons. The van der Waals surface area contributed by atoms with Crippen LogP contribution in [0.2, 0.25) is 0 Å². The fourth-order valence-electron chi connectivity index (χ4n) is 2.71. The van der Waals surface area contributed by atoms with Gasteiger partial charge in [0, 0.05) is 21.5 Å². The Morgan fingerprint density at radius 1 is 1.00 bits per heavy atom. The molecule has 0 aliphatic rings. The fraction of sp³-hybridized carbons (Fsp3) is 0. The lowest BCUT2D eigenvalue weighted by Crippen LogP contribution is -2.07. The predicted octanol–water partition coefficient (Wildman–Crippen LogP) is 6.38. The molecule has 0 aliphatic carbocycles. The Morgan fingerprint density at radius 3 is 2.59 bits per heavy atom. The van der Waals surface area contributed by atoms with Crippen LogP contribution in [0.25, 0.3) is 28.1 Å². The fourth-order valence-corrected chi connectivity index (χ4v) is 3.69. The number of carbonyl (C=O) groups excluding carboxylic acids is 1. The monoisotopic (exact) mass is 434 g/mol. The molecule has 0 unspecified atom stereocenters. The first kappa shape index (κ1) is 17.6. The van der Waals surface area contributed by atoms with Crippen LogP contribution in [0.4, 0.5) is 5.13 Å². The molecule has 1 amide bonds. The molecule has 0 radical (unpaired) electrons. The summed E-state index contributed by atoms with van der Waals surface area (Å²) in [4.78, 5) is 16.7. The summed E-state index contributed by atoms with van der Waals surface area (Å²) >= 11 is 4.81. The van der Waals surface area contributed by atoms with Crippen LogP contribution in [-0.2, 0) is 4.79 Å². The maximum absolute atomic E-state index is 12.1. The van der Waals surface area contributed by atoms with Crippen LogP contribution in [-0.4, -0.2) is 10.9 Å². The van der Waals surface area contributed by atoms with Gasteiger partial charge in [-0.1, -0.05) is 64.5 Å². The van der Waals surface area contributed by atoms with Crippen LogP contribution in [0, 0.1) is 0 Å². The third-order valence-corrected chi connectivity index (χ3v) is 5.36. The summed E-state index contributed by atoms with van der Waals surface area (Å²) in [6.45, 7) is 0. The highest BCUT2D eigenvalue weighted by Gasteiger charge is 2.07. The van der Waals surface area contributed by atoms with E-state index in [0.717, 1.165) is 21.3 Å². The van der Waals surface area contributed by atoms with Crippen molar-refractivity contribution in [2.75, 3.05) is 5.32 Å². The maximum atomic E-state index is 12.1. The quantitative estimate of drug-likeness (QED) is 0.378. The number of anilines is 1. The SMILES string of the molecule is O=C(C=Cc1ccc(Br)cc1)Nc1nc(-c2ccc3ccccc3c2)cs1. The molecule has 4 rings (SSSR count). The predicted molar refractivity (Wildman–Crippen MR) is 117 cm³/mol. The summed E-state index contributed by atoms with van der Waals surface area (Å²) in [5.41, 5.74) is 2.86. The van der Waals surface area contributed by atoms with Crippen LogP contribution in [0.5, 0.6) is 0 Å². The number of nitrogens with one attached hydrogen (secondary N) is 1. The van der Waals surface area contributed by atoms with Crippen molar-refractivity contribution in [1.29, 1.82) is 0 Å². The minimum absolute atomic E-state index is 0.197. The van der Waals surface area contributed by atoms with E-state index in [2.05, 4.69) is 56.6 Å². The molecule has 0 saturated heterocycles. The van der Waals surface area contributed by atoms with Crippen molar-refractivity contribution in [3.63, 3.8) is 0 Å². The number of halogens is 1. The van der Waals surface area contributed by atoms with Gasteiger partial charge in [0.25, 0.3) is 0 Å². The molecule has 0 fully saturated rings. The first-order valence-corrected chi connectivity index (χ1v) is 10.0. The summed E-state index contributed by atoms with van der Waals surface area (Å²) in [7, 11) is 0. The molecule has 3 aromatic carbocycles. The van der Waals surface area contributed by atoms with Gasteiger partial charge in [0.1, 0.15) is 0 Å². The summed E-state index contributed by atoms with van der Waals surface area (Å²) in [5.74, 6) is -0.197. The van der Waals surface area contributed by atoms with Crippen molar-refractivity contribution >= 4 is 55.2 Å². The standard InChI is InChI=1S/C22H15BrN2OS/c23-19-10-5-15(6-11-19)7-12-21(26)25-22-24-20(14-27-22)18-9-8-16-3-1-2-4-17(16)13-18/h1-14H,(H,24,25,26). The van der Waals surface area contributed by atoms with Crippen molar-refractivity contribution in [3.8, 4) is 11.3 Å². The van der Waals surface area contributed by atoms with Crippen LogP contribution in [0.3, 0.4) is 0 Å². The Bertz CT molecular complexity index is 1130. The first-order chi connectivity index (χ1) is 13.2. The van der Waals surface area contributed by atoms with Gasteiger partial charge >= 0.3 is 0 Å². The molecule has 1 N–H and O–H groups in total. The molecule has 3 nitrogen and oxygen atoms in total. The van der Waals surface area contributed by atoms with E-state index in [9.17, 15) is 4.79 Å². The smallest absolute Gasteiger partial charge is 0.250 e. The number of aromatic nitrogens is 1. The molecular weight excluding hydrogens is 420 g/mol. The van der Waals surface area contributed by atoms with E-state index >= 15 is 0 Å². The number of hydrogen-bond donors (Lipinski definition) is 1. The number of amides is 1. The van der Waals surface area contributed by atoms with Gasteiger partial charge in [0.2, 0.25) is 5.91 Å². The van der Waals surface area contributed by atoms with E-state index in [0.29, 0.717) is 5.13 Å². The van der Waals surface area contributed by atoms with Crippen molar-refractivity contribution in [1.82, 2.24) is 4.98 Å². The lowest BCUT2D eigenvalue weighted by Gasteiger charge is -2.01. The van der Waals surface area contributed by atoms with Gasteiger partial charge in [-0.05, 0) is 40.6 Å². The van der Waals surface area contributed by atoms with Gasteiger partial charge in [-0.3, -0.25) is 10.1 Å². The molecule has 0 saturated carbocycles. The van der Waals surface area contributed by atoms with Crippen LogP contribution < -0.4 is 5.32 Å². The molecule has 27 heavy (non-hydrogen) atoms. The summed E-state index contributed by atoms with van der Waals surface area (Å²) in [5, 5.41) is 7.74. The third-order valence-electron chi connectivity index (χ3n) is 4.08. The maximum Gasteiger partial charge on any atom is 0.250 e. The van der Waals surface area contributed by atoms with Crippen LogP contribution in [0.15, 0.2) is 82.7 Å². The molecule has 0 spiro atoms. The second-order valence-electron chi connectivity index (χ2n) is 5.97. The van der Waals surface area contributed by atoms with Gasteiger partial charge in [-0.15, -0.1) is 11.3 Å². The van der Waals surface area contributed by atoms with Gasteiger partial charge in [-0.25, -0.2) is 4.98 Å². The van der Waals surface area contributed by atoms with Crippen molar-refractivity contribution in [2.24, 2.45) is 0 Å². The van der Waals surface area contributed by atoms with E-state index in [4.69, 9.17) is 0 Å². The highest BCUT2D eigenvalue weighted by atomic mass is 79.9. The topological polar surface area (TPSA) is 42.0 Å². The Morgan fingerprint density at radius 2 is 1.78 bits per heavy atom. The lowest BCUT2D eigenvalue weighted by atomic mass is 10.1. The number of benzene rings is 3. The normalized spacial score (nSPS) is 11.1. The van der Waals surface area contributed by atoms with Gasteiger partial charge in [0.15, 0.2) is 5.13 Å². The first-order valence-electron chi connectivity index (χ1n) is 8.37. The van der Waals surface area contributed by atoms with Crippen molar-refractivity contribution in [2.45, 2.75) is 0 Å². The summed E-state index contributed by atoms with van der Waals surface area (Å²) in [6, 6.07) is 22.2. The highest BCUT2D eigenvalue weighted by Crippen LogP contribution is 2.27.